The molecule has 0 aromatic heterocycles. The highest BCUT2D eigenvalue weighted by atomic mass is 16.2. The van der Waals surface area contributed by atoms with Crippen molar-refractivity contribution in [2.75, 3.05) is 39.8 Å². The number of carbonyl (C=O) groups is 1. The lowest BCUT2D eigenvalue weighted by Gasteiger charge is -2.39. The molecule has 5 nitrogen and oxygen atoms in total. The number of hydrogen-bond donors (Lipinski definition) is 2. The van der Waals surface area contributed by atoms with Crippen LogP contribution in [0, 0.1) is 0 Å². The van der Waals surface area contributed by atoms with E-state index in [9.17, 15) is 4.79 Å². The van der Waals surface area contributed by atoms with Crippen molar-refractivity contribution in [2.45, 2.75) is 44.8 Å². The first kappa shape index (κ1) is 14.8. The van der Waals surface area contributed by atoms with Crippen molar-refractivity contribution in [3.05, 3.63) is 0 Å². The summed E-state index contributed by atoms with van der Waals surface area (Å²) in [4.78, 5) is 16.9. The van der Waals surface area contributed by atoms with Gasteiger partial charge in [-0.1, -0.05) is 6.92 Å². The molecule has 5 heteroatoms. The topological polar surface area (TPSA) is 47.6 Å². The molecule has 0 radical (unpaired) electrons. The molecule has 0 spiro atoms. The Balaban J connectivity index is 1.82. The van der Waals surface area contributed by atoms with Crippen LogP contribution in [0.4, 0.5) is 0 Å². The van der Waals surface area contributed by atoms with Crippen molar-refractivity contribution in [1.82, 2.24) is 20.4 Å². The second-order valence-electron chi connectivity index (χ2n) is 5.88. The lowest BCUT2D eigenvalue weighted by molar-refractivity contribution is -0.135. The third-order valence-electron chi connectivity index (χ3n) is 4.54. The van der Waals surface area contributed by atoms with Crippen LogP contribution in [0.2, 0.25) is 0 Å². The molecule has 2 saturated heterocycles. The van der Waals surface area contributed by atoms with E-state index in [1.54, 1.807) is 0 Å². The Morgan fingerprint density at radius 1 is 1.26 bits per heavy atom. The highest BCUT2D eigenvalue weighted by molar-refractivity contribution is 5.82. The minimum absolute atomic E-state index is 0.0506. The number of nitrogens with zero attached hydrogens (tertiary/aromatic N) is 2. The summed E-state index contributed by atoms with van der Waals surface area (Å²) in [6.07, 6.45) is 2.21. The Hall–Kier alpha value is -0.650. The molecule has 2 unspecified atom stereocenters. The fraction of sp³-hybridized carbons (Fsp3) is 0.929. The molecule has 2 fully saturated rings. The molecular formula is C14H28N4O. The minimum Gasteiger partial charge on any atom is -0.341 e. The maximum atomic E-state index is 12.5. The van der Waals surface area contributed by atoms with Gasteiger partial charge in [-0.25, -0.2) is 0 Å². The van der Waals surface area contributed by atoms with E-state index in [1.165, 1.54) is 0 Å². The van der Waals surface area contributed by atoms with Crippen LogP contribution in [0.5, 0.6) is 0 Å². The van der Waals surface area contributed by atoms with Crippen LogP contribution in [0.15, 0.2) is 0 Å². The van der Waals surface area contributed by atoms with Crippen LogP contribution < -0.4 is 10.6 Å². The van der Waals surface area contributed by atoms with Crippen molar-refractivity contribution in [1.29, 1.82) is 0 Å². The Bertz CT molecular complexity index is 294. The number of rotatable bonds is 3. The first-order valence-corrected chi connectivity index (χ1v) is 7.57. The van der Waals surface area contributed by atoms with E-state index in [-0.39, 0.29) is 11.9 Å². The number of piperazine rings is 1. The normalized spacial score (nSPS) is 30.3. The van der Waals surface area contributed by atoms with Crippen molar-refractivity contribution >= 4 is 5.91 Å². The number of piperidine rings is 1. The molecule has 2 rings (SSSR count). The van der Waals surface area contributed by atoms with Gasteiger partial charge in [-0.3, -0.25) is 4.79 Å². The Morgan fingerprint density at radius 2 is 1.95 bits per heavy atom. The van der Waals surface area contributed by atoms with Gasteiger partial charge < -0.3 is 20.4 Å². The average molecular weight is 268 g/mol. The molecule has 0 bridgehead atoms. The van der Waals surface area contributed by atoms with Gasteiger partial charge in [-0.05, 0) is 26.3 Å². The molecule has 1 amide bonds. The Labute approximate surface area is 116 Å². The fourth-order valence-corrected chi connectivity index (χ4v) is 3.01. The molecule has 0 aromatic rings. The molecule has 110 valence electrons. The maximum absolute atomic E-state index is 12.5. The molecule has 2 atom stereocenters. The first-order valence-electron chi connectivity index (χ1n) is 7.57. The summed E-state index contributed by atoms with van der Waals surface area (Å²) in [5.74, 6) is 0.245. The van der Waals surface area contributed by atoms with Gasteiger partial charge >= 0.3 is 0 Å². The average Bonchev–Trinajstić information content (AvgIpc) is 2.46. The molecule has 2 N–H and O–H groups in total. The van der Waals surface area contributed by atoms with Gasteiger partial charge in [-0.2, -0.15) is 0 Å². The van der Waals surface area contributed by atoms with Crippen LogP contribution in [0.3, 0.4) is 0 Å². The van der Waals surface area contributed by atoms with Gasteiger partial charge in [0.2, 0.25) is 5.91 Å². The number of likely N-dealkylation sites (tertiary alicyclic amines) is 1. The third-order valence-corrected chi connectivity index (χ3v) is 4.54. The largest absolute Gasteiger partial charge is 0.341 e. The molecule has 2 aliphatic rings. The van der Waals surface area contributed by atoms with Crippen LogP contribution in [0.25, 0.3) is 0 Å². The molecule has 0 aliphatic carbocycles. The van der Waals surface area contributed by atoms with Crippen molar-refractivity contribution in [3.63, 3.8) is 0 Å². The quantitative estimate of drug-likeness (QED) is 0.749. The van der Waals surface area contributed by atoms with E-state index in [0.29, 0.717) is 12.1 Å². The van der Waals surface area contributed by atoms with Gasteiger partial charge in [0.15, 0.2) is 0 Å². The Morgan fingerprint density at radius 3 is 2.47 bits per heavy atom. The van der Waals surface area contributed by atoms with E-state index >= 15 is 0 Å². The minimum atomic E-state index is -0.0506. The standard InChI is InChI=1S/C14H28N4O/c1-4-18-7-5-12(6-8-18)17(3)14(19)13-10-15-11(2)9-16-13/h11-13,15-16H,4-10H2,1-3H3. The summed E-state index contributed by atoms with van der Waals surface area (Å²) >= 11 is 0. The van der Waals surface area contributed by atoms with Crippen LogP contribution >= 0.6 is 0 Å². The third kappa shape index (κ3) is 3.68. The lowest BCUT2D eigenvalue weighted by Crippen LogP contribution is -2.60. The summed E-state index contributed by atoms with van der Waals surface area (Å²) < 4.78 is 0. The second-order valence-corrected chi connectivity index (χ2v) is 5.88. The Kier molecular flexibility index (Phi) is 5.19. The number of hydrogen-bond acceptors (Lipinski definition) is 4. The zero-order valence-electron chi connectivity index (χ0n) is 12.5. The van der Waals surface area contributed by atoms with Gasteiger partial charge in [-0.15, -0.1) is 0 Å². The molecule has 2 heterocycles. The van der Waals surface area contributed by atoms with Crippen LogP contribution in [0.1, 0.15) is 26.7 Å². The van der Waals surface area contributed by atoms with E-state index in [0.717, 1.165) is 45.6 Å². The van der Waals surface area contributed by atoms with Crippen molar-refractivity contribution in [3.8, 4) is 0 Å². The van der Waals surface area contributed by atoms with E-state index in [4.69, 9.17) is 0 Å². The number of carbonyl (C=O) groups excluding carboxylic acids is 1. The summed E-state index contributed by atoms with van der Waals surface area (Å²) in [6, 6.07) is 0.823. The summed E-state index contributed by atoms with van der Waals surface area (Å²) in [6.45, 7) is 9.32. The maximum Gasteiger partial charge on any atom is 0.241 e. The molecule has 0 saturated carbocycles. The van der Waals surface area contributed by atoms with E-state index in [2.05, 4.69) is 29.4 Å². The van der Waals surface area contributed by atoms with Crippen LogP contribution in [-0.4, -0.2) is 73.6 Å². The highest BCUT2D eigenvalue weighted by Gasteiger charge is 2.30. The zero-order chi connectivity index (χ0) is 13.8. The van der Waals surface area contributed by atoms with Gasteiger partial charge in [0.1, 0.15) is 0 Å². The molecule has 19 heavy (non-hydrogen) atoms. The molecule has 0 aromatic carbocycles. The second kappa shape index (κ2) is 6.68. The fourth-order valence-electron chi connectivity index (χ4n) is 3.01. The summed E-state index contributed by atoms with van der Waals surface area (Å²) in [5.41, 5.74) is 0. The highest BCUT2D eigenvalue weighted by Crippen LogP contribution is 2.16. The predicted octanol–water partition coefficient (Wildman–Crippen LogP) is -0.121. The monoisotopic (exact) mass is 268 g/mol. The SMILES string of the molecule is CCN1CCC(N(C)C(=O)C2CNC(C)CN2)CC1. The smallest absolute Gasteiger partial charge is 0.241 e. The van der Waals surface area contributed by atoms with Crippen molar-refractivity contribution in [2.24, 2.45) is 0 Å². The van der Waals surface area contributed by atoms with Crippen molar-refractivity contribution < 1.29 is 4.79 Å². The lowest BCUT2D eigenvalue weighted by atomic mass is 10.0. The van der Waals surface area contributed by atoms with Gasteiger partial charge in [0, 0.05) is 45.3 Å². The van der Waals surface area contributed by atoms with Gasteiger partial charge in [0.25, 0.3) is 0 Å². The first-order chi connectivity index (χ1) is 9.11. The van der Waals surface area contributed by atoms with Gasteiger partial charge in [0.05, 0.1) is 6.04 Å². The van der Waals surface area contributed by atoms with E-state index in [1.807, 2.05) is 11.9 Å². The number of likely N-dealkylation sites (N-methyl/N-ethyl adjacent to an activating group) is 1. The zero-order valence-corrected chi connectivity index (χ0v) is 12.5. The molecular weight excluding hydrogens is 240 g/mol. The molecule has 2 aliphatic heterocycles. The predicted molar refractivity (Wildman–Crippen MR) is 77.2 cm³/mol. The number of amides is 1. The number of nitrogens with one attached hydrogen (secondary N) is 2. The summed E-state index contributed by atoms with van der Waals surface area (Å²) in [5, 5.41) is 6.71. The van der Waals surface area contributed by atoms with E-state index < -0.39 is 0 Å². The van der Waals surface area contributed by atoms with Crippen LogP contribution in [-0.2, 0) is 4.79 Å². The summed E-state index contributed by atoms with van der Waals surface area (Å²) in [7, 11) is 1.97.